The first-order chi connectivity index (χ1) is 15.4. The van der Waals surface area contributed by atoms with E-state index in [0.29, 0.717) is 17.6 Å². The molecule has 2 fully saturated rings. The fourth-order valence-corrected chi connectivity index (χ4v) is 4.96. The van der Waals surface area contributed by atoms with E-state index in [2.05, 4.69) is 25.6 Å². The van der Waals surface area contributed by atoms with Crippen molar-refractivity contribution >= 4 is 26.9 Å². The van der Waals surface area contributed by atoms with E-state index in [4.69, 9.17) is 15.6 Å². The summed E-state index contributed by atoms with van der Waals surface area (Å²) in [6, 6.07) is 7.92. The van der Waals surface area contributed by atoms with E-state index in [9.17, 15) is 8.42 Å². The number of rotatable bonds is 8. The second kappa shape index (κ2) is 8.34. The van der Waals surface area contributed by atoms with Crippen LogP contribution in [0.3, 0.4) is 0 Å². The van der Waals surface area contributed by atoms with E-state index in [1.54, 1.807) is 6.07 Å². The van der Waals surface area contributed by atoms with Gasteiger partial charge in [-0.3, -0.25) is 0 Å². The zero-order valence-electron chi connectivity index (χ0n) is 17.9. The van der Waals surface area contributed by atoms with Crippen LogP contribution in [-0.2, 0) is 10.0 Å². The number of nitrogens with zero attached hydrogens (tertiary/aromatic N) is 4. The molecule has 1 saturated heterocycles. The molecular formula is C22H28N6O3S. The van der Waals surface area contributed by atoms with Crippen LogP contribution in [0.15, 0.2) is 36.8 Å². The second-order valence-corrected chi connectivity index (χ2v) is 10.5. The average molecular weight is 457 g/mol. The zero-order valence-corrected chi connectivity index (χ0v) is 18.7. The SMILES string of the molecule is Nc1ncnc2c1c(-c1cccc(OCCS(N)(=O)=O)c1)cn2[C@H]1C[C@@H](CN2CCC2)C1. The molecule has 170 valence electrons. The van der Waals surface area contributed by atoms with Crippen LogP contribution in [0, 0.1) is 5.92 Å². The highest BCUT2D eigenvalue weighted by molar-refractivity contribution is 7.89. The zero-order chi connectivity index (χ0) is 22.3. The van der Waals surface area contributed by atoms with Gasteiger partial charge in [-0.15, -0.1) is 0 Å². The molecule has 4 N–H and O–H groups in total. The monoisotopic (exact) mass is 456 g/mol. The lowest BCUT2D eigenvalue weighted by Crippen LogP contribution is -2.43. The molecule has 1 aromatic carbocycles. The summed E-state index contributed by atoms with van der Waals surface area (Å²) in [5, 5.41) is 5.89. The van der Waals surface area contributed by atoms with Gasteiger partial charge in [0.15, 0.2) is 0 Å². The number of hydrogen-bond acceptors (Lipinski definition) is 7. The highest BCUT2D eigenvalue weighted by Gasteiger charge is 2.34. The standard InChI is InChI=1S/C22H28N6O3S/c23-21-20-19(16-3-1-4-18(11-16)31-7-8-32(24,29)30)13-28(22(20)26-14-25-21)17-9-15(10-17)12-27-5-2-6-27/h1,3-4,11,13-15,17H,2,5-10,12H2,(H2,23,25,26)(H2,24,29,30)/t15-,17+. The van der Waals surface area contributed by atoms with Gasteiger partial charge in [0, 0.05) is 24.3 Å². The van der Waals surface area contributed by atoms with Gasteiger partial charge in [0.1, 0.15) is 30.1 Å². The first-order valence-corrected chi connectivity index (χ1v) is 12.7. The summed E-state index contributed by atoms with van der Waals surface area (Å²) < 4.78 is 30.2. The molecule has 5 rings (SSSR count). The summed E-state index contributed by atoms with van der Waals surface area (Å²) >= 11 is 0. The fraction of sp³-hybridized carbons (Fsp3) is 0.455. The van der Waals surface area contributed by atoms with Crippen LogP contribution in [0.5, 0.6) is 5.75 Å². The Balaban J connectivity index is 1.40. The van der Waals surface area contributed by atoms with Crippen LogP contribution in [0.1, 0.15) is 25.3 Å². The van der Waals surface area contributed by atoms with E-state index in [1.807, 2.05) is 18.2 Å². The quantitative estimate of drug-likeness (QED) is 0.530. The van der Waals surface area contributed by atoms with Crippen molar-refractivity contribution in [2.24, 2.45) is 11.1 Å². The van der Waals surface area contributed by atoms with Crippen molar-refractivity contribution in [1.29, 1.82) is 0 Å². The molecule has 0 radical (unpaired) electrons. The number of likely N-dealkylation sites (tertiary alicyclic amines) is 1. The number of primary sulfonamides is 1. The molecule has 0 bridgehead atoms. The third kappa shape index (κ3) is 4.30. The van der Waals surface area contributed by atoms with E-state index in [-0.39, 0.29) is 12.4 Å². The van der Waals surface area contributed by atoms with Crippen LogP contribution in [0.25, 0.3) is 22.2 Å². The third-order valence-corrected chi connectivity index (χ3v) is 7.23. The molecule has 0 unspecified atom stereocenters. The molecule has 1 aliphatic carbocycles. The Morgan fingerprint density at radius 2 is 2.00 bits per heavy atom. The Labute approximate surface area is 187 Å². The molecule has 9 nitrogen and oxygen atoms in total. The summed E-state index contributed by atoms with van der Waals surface area (Å²) in [7, 11) is -3.57. The number of ether oxygens (including phenoxy) is 1. The highest BCUT2D eigenvalue weighted by Crippen LogP contribution is 2.43. The van der Waals surface area contributed by atoms with Crippen LogP contribution in [0.4, 0.5) is 5.82 Å². The normalized spacial score (nSPS) is 21.3. The Bertz CT molecular complexity index is 1230. The van der Waals surface area contributed by atoms with Gasteiger partial charge in [-0.05, 0) is 56.0 Å². The van der Waals surface area contributed by atoms with Crippen molar-refractivity contribution in [3.63, 3.8) is 0 Å². The Morgan fingerprint density at radius 1 is 1.19 bits per heavy atom. The Morgan fingerprint density at radius 3 is 2.72 bits per heavy atom. The summed E-state index contributed by atoms with van der Waals surface area (Å²) in [5.41, 5.74) is 8.98. The van der Waals surface area contributed by atoms with Crippen LogP contribution in [-0.4, -0.2) is 59.8 Å². The van der Waals surface area contributed by atoms with Crippen LogP contribution in [0.2, 0.25) is 0 Å². The number of benzene rings is 1. The predicted molar refractivity (Wildman–Crippen MR) is 124 cm³/mol. The minimum Gasteiger partial charge on any atom is -0.492 e. The molecule has 0 amide bonds. The van der Waals surface area contributed by atoms with Gasteiger partial charge in [-0.1, -0.05) is 12.1 Å². The van der Waals surface area contributed by atoms with Crippen molar-refractivity contribution in [3.05, 3.63) is 36.8 Å². The number of aromatic nitrogens is 3. The van der Waals surface area contributed by atoms with Gasteiger partial charge in [0.2, 0.25) is 10.0 Å². The first kappa shape index (κ1) is 21.2. The minimum atomic E-state index is -3.57. The lowest BCUT2D eigenvalue weighted by Gasteiger charge is -2.42. The smallest absolute Gasteiger partial charge is 0.212 e. The molecule has 10 heteroatoms. The maximum Gasteiger partial charge on any atom is 0.212 e. The van der Waals surface area contributed by atoms with Crippen molar-refractivity contribution in [1.82, 2.24) is 19.4 Å². The van der Waals surface area contributed by atoms with Gasteiger partial charge in [-0.25, -0.2) is 23.5 Å². The predicted octanol–water partition coefficient (Wildman–Crippen LogP) is 2.00. The molecule has 0 spiro atoms. The van der Waals surface area contributed by atoms with Gasteiger partial charge in [0.05, 0.1) is 11.1 Å². The summed E-state index contributed by atoms with van der Waals surface area (Å²) in [5.74, 6) is 1.51. The highest BCUT2D eigenvalue weighted by atomic mass is 32.2. The molecule has 2 aromatic heterocycles. The molecule has 1 aliphatic heterocycles. The Hall–Kier alpha value is -2.69. The molecule has 1 saturated carbocycles. The minimum absolute atomic E-state index is 0.00419. The number of nitrogen functional groups attached to an aromatic ring is 1. The number of anilines is 1. The van der Waals surface area contributed by atoms with Crippen molar-refractivity contribution in [3.8, 4) is 16.9 Å². The van der Waals surface area contributed by atoms with Crippen molar-refractivity contribution in [2.75, 3.05) is 37.7 Å². The van der Waals surface area contributed by atoms with Gasteiger partial charge in [0.25, 0.3) is 0 Å². The topological polar surface area (TPSA) is 129 Å². The van der Waals surface area contributed by atoms with Crippen LogP contribution >= 0.6 is 0 Å². The summed E-state index contributed by atoms with van der Waals surface area (Å²) in [6.45, 7) is 3.65. The van der Waals surface area contributed by atoms with Crippen molar-refractivity contribution < 1.29 is 13.2 Å². The van der Waals surface area contributed by atoms with E-state index < -0.39 is 10.0 Å². The number of hydrogen-bond donors (Lipinski definition) is 2. The van der Waals surface area contributed by atoms with E-state index in [0.717, 1.165) is 40.9 Å². The molecular weight excluding hydrogens is 428 g/mol. The van der Waals surface area contributed by atoms with Gasteiger partial charge >= 0.3 is 0 Å². The third-order valence-electron chi connectivity index (χ3n) is 6.49. The largest absolute Gasteiger partial charge is 0.492 e. The van der Waals surface area contributed by atoms with E-state index >= 15 is 0 Å². The van der Waals surface area contributed by atoms with Crippen LogP contribution < -0.4 is 15.6 Å². The van der Waals surface area contributed by atoms with Crippen molar-refractivity contribution in [2.45, 2.75) is 25.3 Å². The van der Waals surface area contributed by atoms with Gasteiger partial charge in [-0.2, -0.15) is 0 Å². The maximum absolute atomic E-state index is 11.2. The van der Waals surface area contributed by atoms with Gasteiger partial charge < -0.3 is 19.9 Å². The Kier molecular flexibility index (Phi) is 5.52. The second-order valence-electron chi connectivity index (χ2n) is 8.80. The molecule has 32 heavy (non-hydrogen) atoms. The number of fused-ring (bicyclic) bond motifs is 1. The molecule has 0 atom stereocenters. The molecule has 3 aromatic rings. The lowest BCUT2D eigenvalue weighted by atomic mass is 9.79. The lowest BCUT2D eigenvalue weighted by molar-refractivity contribution is 0.0921. The maximum atomic E-state index is 11.2. The summed E-state index contributed by atoms with van der Waals surface area (Å²) in [6.07, 6.45) is 7.23. The fourth-order valence-electron chi connectivity index (χ4n) is 4.64. The number of sulfonamides is 1. The van der Waals surface area contributed by atoms with E-state index in [1.165, 1.54) is 32.4 Å². The number of nitrogens with two attached hydrogens (primary N) is 2. The first-order valence-electron chi connectivity index (χ1n) is 10.9. The molecule has 3 heterocycles. The summed E-state index contributed by atoms with van der Waals surface area (Å²) in [4.78, 5) is 11.3. The average Bonchev–Trinajstić information content (AvgIpc) is 3.05. The molecule has 2 aliphatic rings.